The molecule has 0 aliphatic rings. The Morgan fingerprint density at radius 3 is 2.73 bits per heavy atom. The van der Waals surface area contributed by atoms with Crippen molar-refractivity contribution in [3.63, 3.8) is 0 Å². The van der Waals surface area contributed by atoms with Gasteiger partial charge < -0.3 is 0 Å². The van der Waals surface area contributed by atoms with Crippen LogP contribution in [0.25, 0.3) is 0 Å². The van der Waals surface area contributed by atoms with E-state index in [4.69, 9.17) is 0 Å². The van der Waals surface area contributed by atoms with Gasteiger partial charge in [0.1, 0.15) is 0 Å². The van der Waals surface area contributed by atoms with Crippen LogP contribution in [0.4, 0.5) is 0 Å². The third kappa shape index (κ3) is 7.39. The van der Waals surface area contributed by atoms with Gasteiger partial charge >= 0.3 is 69.2 Å². The van der Waals surface area contributed by atoms with Gasteiger partial charge in [-0.25, -0.2) is 0 Å². The molecule has 0 saturated heterocycles. The molecule has 4 nitrogen and oxygen atoms in total. The topological polar surface area (TPSA) is 60.4 Å². The molecule has 0 fully saturated rings. The van der Waals surface area contributed by atoms with Gasteiger partial charge in [0.25, 0.3) is 0 Å². The van der Waals surface area contributed by atoms with Gasteiger partial charge in [0, 0.05) is 0 Å². The van der Waals surface area contributed by atoms with Crippen LogP contribution in [0, 0.1) is 0 Å². The van der Waals surface area contributed by atoms with Crippen LogP contribution in [0.5, 0.6) is 0 Å². The Morgan fingerprint density at radius 2 is 2.27 bits per heavy atom. The average Bonchev–Trinajstić information content (AvgIpc) is 1.86. The van der Waals surface area contributed by atoms with Crippen LogP contribution < -0.4 is 0 Å². The molecule has 0 radical (unpaired) electrons. The molecule has 0 spiro atoms. The van der Waals surface area contributed by atoms with Gasteiger partial charge in [-0.05, 0) is 0 Å². The quantitative estimate of drug-likeness (QED) is 0.378. The van der Waals surface area contributed by atoms with Crippen LogP contribution >= 0.6 is 0 Å². The summed E-state index contributed by atoms with van der Waals surface area (Å²) in [5, 5.41) is 0. The van der Waals surface area contributed by atoms with E-state index in [9.17, 15) is 13.3 Å². The second-order valence-corrected chi connectivity index (χ2v) is 4.52. The fraction of sp³-hybridized carbons (Fsp3) is 0.667. The van der Waals surface area contributed by atoms with E-state index in [0.29, 0.717) is 12.8 Å². The zero-order chi connectivity index (χ0) is 8.69. The number of hydrogen-bond donors (Lipinski definition) is 0. The first-order valence-corrected chi connectivity index (χ1v) is 7.13. The third-order valence-corrected chi connectivity index (χ3v) is 2.04. The number of hydrogen-bond acceptors (Lipinski definition) is 4. The Labute approximate surface area is 69.8 Å². The van der Waals surface area contributed by atoms with E-state index in [1.807, 2.05) is 0 Å². The van der Waals surface area contributed by atoms with Crippen LogP contribution in [0.2, 0.25) is 5.71 Å². The van der Waals surface area contributed by atoms with E-state index >= 15 is 0 Å². The van der Waals surface area contributed by atoms with E-state index in [2.05, 4.69) is 3.73 Å². The Morgan fingerprint density at radius 1 is 1.64 bits per heavy atom. The van der Waals surface area contributed by atoms with Crippen molar-refractivity contribution in [1.82, 2.24) is 0 Å². The molecule has 0 amide bonds. The van der Waals surface area contributed by atoms with E-state index in [1.165, 1.54) is 5.71 Å². The van der Waals surface area contributed by atoms with Crippen LogP contribution in [0.3, 0.4) is 0 Å². The molecule has 5 heteroatoms. The molecule has 11 heavy (non-hydrogen) atoms. The monoisotopic (exact) mass is 222 g/mol. The second-order valence-electron chi connectivity index (χ2n) is 2.02. The van der Waals surface area contributed by atoms with Crippen molar-refractivity contribution in [2.75, 3.05) is 0 Å². The van der Waals surface area contributed by atoms with E-state index in [-0.39, 0.29) is 6.42 Å². The fourth-order valence-corrected chi connectivity index (χ4v) is 1.43. The van der Waals surface area contributed by atoms with Crippen molar-refractivity contribution in [2.24, 2.45) is 0 Å². The maximum absolute atomic E-state index is 10.6. The van der Waals surface area contributed by atoms with Crippen molar-refractivity contribution < 1.29 is 17.1 Å². The Kier molecular flexibility index (Phi) is 5.94. The van der Waals surface area contributed by atoms with Crippen molar-refractivity contribution in [3.05, 3.63) is 0 Å². The molecule has 0 aliphatic heterocycles. The number of carbonyl (C=O) groups excluding carboxylic acids is 2. The van der Waals surface area contributed by atoms with E-state index < -0.39 is 20.9 Å². The van der Waals surface area contributed by atoms with E-state index in [1.54, 1.807) is 0 Å². The summed E-state index contributed by atoms with van der Waals surface area (Å²) >= 11 is -2.70. The molecule has 1 unspecified atom stereocenters. The number of unbranched alkanes of at least 4 members (excludes halogenated alkanes) is 1. The summed E-state index contributed by atoms with van der Waals surface area (Å²) in [6.07, 6.45) is 1.76. The van der Waals surface area contributed by atoms with Gasteiger partial charge in [0.05, 0.1) is 0 Å². The molecule has 0 aromatic rings. The van der Waals surface area contributed by atoms with Crippen LogP contribution in [0.15, 0.2) is 0 Å². The standard InChI is InChI=1S/C6H11AsO4/c1-7(10)11-6(9)4-2-3-5-8/h5,7H,2-4H2,1H3. The summed E-state index contributed by atoms with van der Waals surface area (Å²) in [6.45, 7) is 0. The van der Waals surface area contributed by atoms with Gasteiger partial charge in [0.2, 0.25) is 0 Å². The molecule has 0 bridgehead atoms. The van der Waals surface area contributed by atoms with Gasteiger partial charge in [-0.1, -0.05) is 0 Å². The van der Waals surface area contributed by atoms with Crippen molar-refractivity contribution in [2.45, 2.75) is 25.0 Å². The SMILES string of the molecule is C[AsH](=O)OC(=O)CCCC=O. The third-order valence-electron chi connectivity index (χ3n) is 0.960. The second kappa shape index (κ2) is 6.22. The van der Waals surface area contributed by atoms with Crippen LogP contribution in [-0.2, 0) is 17.1 Å². The van der Waals surface area contributed by atoms with E-state index in [0.717, 1.165) is 6.29 Å². The Hall–Kier alpha value is -0.502. The first-order chi connectivity index (χ1) is 5.16. The summed E-state index contributed by atoms with van der Waals surface area (Å²) < 4.78 is 14.9. The first kappa shape index (κ1) is 10.5. The molecular weight excluding hydrogens is 211 g/mol. The zero-order valence-corrected chi connectivity index (χ0v) is 8.43. The summed E-state index contributed by atoms with van der Waals surface area (Å²) in [7, 11) is 0. The molecule has 0 aromatic heterocycles. The molecular formula is C6H11AsO4. The number of aldehydes is 1. The molecule has 0 N–H and O–H groups in total. The predicted octanol–water partition coefficient (Wildman–Crippen LogP) is 0.180. The van der Waals surface area contributed by atoms with Gasteiger partial charge in [0.15, 0.2) is 0 Å². The summed E-state index contributed by atoms with van der Waals surface area (Å²) in [5.41, 5.74) is 1.41. The van der Waals surface area contributed by atoms with Crippen molar-refractivity contribution >= 4 is 27.2 Å². The summed E-state index contributed by atoms with van der Waals surface area (Å²) in [5.74, 6) is -0.459. The molecule has 0 rings (SSSR count). The minimum atomic E-state index is -2.70. The summed E-state index contributed by atoms with van der Waals surface area (Å²) in [4.78, 5) is 20.4. The Bertz CT molecular complexity index is 166. The fourth-order valence-electron chi connectivity index (χ4n) is 0.541. The van der Waals surface area contributed by atoms with Gasteiger partial charge in [-0.2, -0.15) is 0 Å². The summed E-state index contributed by atoms with van der Waals surface area (Å²) in [6, 6.07) is 0. The van der Waals surface area contributed by atoms with Crippen molar-refractivity contribution in [3.8, 4) is 0 Å². The van der Waals surface area contributed by atoms with Gasteiger partial charge in [-0.3, -0.25) is 0 Å². The first-order valence-electron chi connectivity index (χ1n) is 3.31. The average molecular weight is 222 g/mol. The van der Waals surface area contributed by atoms with Crippen LogP contribution in [0.1, 0.15) is 19.3 Å². The van der Waals surface area contributed by atoms with Crippen LogP contribution in [-0.4, -0.2) is 27.2 Å². The number of rotatable bonds is 5. The number of carbonyl (C=O) groups is 2. The molecule has 0 aliphatic carbocycles. The molecule has 0 aromatic carbocycles. The normalized spacial score (nSPS) is 12.1. The van der Waals surface area contributed by atoms with Crippen molar-refractivity contribution in [1.29, 1.82) is 0 Å². The minimum absolute atomic E-state index is 0.186. The van der Waals surface area contributed by atoms with Gasteiger partial charge in [-0.15, -0.1) is 0 Å². The predicted molar refractivity (Wildman–Crippen MR) is 39.7 cm³/mol. The Balaban J connectivity index is 3.37. The molecule has 64 valence electrons. The maximum atomic E-state index is 10.6. The molecule has 1 atom stereocenters. The zero-order valence-electron chi connectivity index (χ0n) is 6.33. The molecule has 0 saturated carbocycles. The molecule has 0 heterocycles.